The summed E-state index contributed by atoms with van der Waals surface area (Å²) in [7, 11) is 0. The number of nitrogens with zero attached hydrogens (tertiary/aromatic N) is 6. The van der Waals surface area contributed by atoms with Gasteiger partial charge in [0.25, 0.3) is 0 Å². The van der Waals surface area contributed by atoms with Crippen LogP contribution in [0.15, 0.2) is 259 Å². The molecule has 0 radical (unpaired) electrons. The van der Waals surface area contributed by atoms with Crippen molar-refractivity contribution >= 4 is 109 Å². The van der Waals surface area contributed by atoms with Crippen LogP contribution in [-0.4, -0.2) is 28.7 Å². The largest absolute Gasteiger partial charge is 0.455 e. The minimum absolute atomic E-state index is 0.516. The second kappa shape index (κ2) is 16.4. The highest BCUT2D eigenvalue weighted by Crippen LogP contribution is 2.45. The maximum Gasteiger partial charge on any atom is 0.167 e. The van der Waals surface area contributed by atoms with E-state index in [1.807, 2.05) is 6.07 Å². The van der Waals surface area contributed by atoms with Crippen LogP contribution in [0, 0.1) is 0 Å². The lowest BCUT2D eigenvalue weighted by molar-refractivity contribution is 0.670. The Morgan fingerprint density at radius 2 is 0.795 bits per heavy atom. The average molecular weight is 995 g/mol. The molecule has 0 bridgehead atoms. The van der Waals surface area contributed by atoms with Gasteiger partial charge in [-0.25, -0.2) is 15.0 Å². The number of aromatic nitrogens is 6. The molecule has 78 heavy (non-hydrogen) atoms. The summed E-state index contributed by atoms with van der Waals surface area (Å²) < 4.78 is 14.2. The zero-order valence-electron chi connectivity index (χ0n) is 41.8. The van der Waals surface area contributed by atoms with E-state index in [9.17, 15) is 0 Å². The van der Waals surface area contributed by atoms with E-state index < -0.39 is 0 Å². The first-order chi connectivity index (χ1) is 38.7. The van der Waals surface area contributed by atoms with E-state index in [1.165, 1.54) is 21.5 Å². The Bertz CT molecular complexity index is 5330. The third-order valence-corrected chi connectivity index (χ3v) is 16.0. The van der Waals surface area contributed by atoms with E-state index in [1.54, 1.807) is 0 Å². The summed E-state index contributed by atoms with van der Waals surface area (Å²) in [5, 5.41) is 13.5. The molecule has 7 heteroatoms. The van der Waals surface area contributed by atoms with Gasteiger partial charge in [0.1, 0.15) is 11.2 Å². The highest BCUT2D eigenvalue weighted by Gasteiger charge is 2.26. The number of fused-ring (bicyclic) bond motifs is 15. The van der Waals surface area contributed by atoms with Crippen LogP contribution in [-0.2, 0) is 0 Å². The highest BCUT2D eigenvalue weighted by atomic mass is 16.3. The quantitative estimate of drug-likeness (QED) is 0.166. The van der Waals surface area contributed by atoms with Gasteiger partial charge in [0.15, 0.2) is 17.5 Å². The van der Waals surface area contributed by atoms with Gasteiger partial charge in [-0.3, -0.25) is 0 Å². The third-order valence-electron chi connectivity index (χ3n) is 16.0. The van der Waals surface area contributed by atoms with Crippen molar-refractivity contribution in [2.24, 2.45) is 0 Å². The first kappa shape index (κ1) is 42.7. The van der Waals surface area contributed by atoms with Gasteiger partial charge in [0, 0.05) is 71.3 Å². The van der Waals surface area contributed by atoms with Crippen molar-refractivity contribution in [1.82, 2.24) is 28.7 Å². The number of hydrogen-bond donors (Lipinski definition) is 0. The number of hydrogen-bond acceptors (Lipinski definition) is 4. The normalized spacial score (nSPS) is 12.1. The fourth-order valence-corrected chi connectivity index (χ4v) is 12.7. The predicted molar refractivity (Wildman–Crippen MR) is 321 cm³/mol. The molecule has 0 aliphatic rings. The molecular formula is C71H42N6O. The lowest BCUT2D eigenvalue weighted by Gasteiger charge is -2.14. The molecule has 0 spiro atoms. The topological polar surface area (TPSA) is 66.6 Å². The molecule has 7 nitrogen and oxygen atoms in total. The van der Waals surface area contributed by atoms with E-state index in [-0.39, 0.29) is 0 Å². The Morgan fingerprint density at radius 3 is 1.55 bits per heavy atom. The van der Waals surface area contributed by atoms with Gasteiger partial charge in [-0.05, 0) is 113 Å². The fraction of sp³-hybridized carbons (Fsp3) is 0. The first-order valence-electron chi connectivity index (χ1n) is 26.4. The van der Waals surface area contributed by atoms with E-state index in [2.05, 4.69) is 262 Å². The second-order valence-electron chi connectivity index (χ2n) is 20.3. The van der Waals surface area contributed by atoms with Gasteiger partial charge in [0.2, 0.25) is 0 Å². The predicted octanol–water partition coefficient (Wildman–Crippen LogP) is 18.4. The molecule has 0 N–H and O–H groups in total. The Hall–Kier alpha value is -10.6. The molecule has 0 aliphatic heterocycles. The lowest BCUT2D eigenvalue weighted by atomic mass is 9.99. The smallest absolute Gasteiger partial charge is 0.167 e. The maximum atomic E-state index is 7.11. The Kier molecular flexibility index (Phi) is 9.00. The van der Waals surface area contributed by atoms with E-state index in [4.69, 9.17) is 19.4 Å². The van der Waals surface area contributed by atoms with E-state index in [0.717, 1.165) is 116 Å². The summed E-state index contributed by atoms with van der Waals surface area (Å²) in [6.07, 6.45) is 0. The van der Waals surface area contributed by atoms with Gasteiger partial charge >= 0.3 is 0 Å². The molecule has 17 rings (SSSR count). The van der Waals surface area contributed by atoms with Crippen LogP contribution in [0.4, 0.5) is 0 Å². The Labute approximate surface area is 445 Å². The second-order valence-corrected chi connectivity index (χ2v) is 20.3. The van der Waals surface area contributed by atoms with Gasteiger partial charge in [-0.2, -0.15) is 0 Å². The number of furan rings is 1. The number of para-hydroxylation sites is 7. The maximum absolute atomic E-state index is 7.11. The standard InChI is InChI=1S/C71H42N6O/c1-3-21-46(22-4-1)75-61-34-15-11-27-52(61)65-54(30-18-35-62(65)75)69-72-70(55-31-17-29-51-49-25-9-14-33-60(49)77(67(51)55)47-23-5-2-6-24-47)74-71(73-69)58-40-45-37-38-48(42-56(45)66-53-28-12-16-36-64(53)78-68(58)66)76-59-32-13-10-26-50(59)57-39-43-19-7-8-20-44(43)41-63(57)76/h1-42H. The van der Waals surface area contributed by atoms with Crippen molar-refractivity contribution in [1.29, 1.82) is 0 Å². The minimum Gasteiger partial charge on any atom is -0.455 e. The van der Waals surface area contributed by atoms with Crippen molar-refractivity contribution < 1.29 is 4.42 Å². The van der Waals surface area contributed by atoms with Crippen LogP contribution < -0.4 is 0 Å². The van der Waals surface area contributed by atoms with Crippen molar-refractivity contribution in [2.75, 3.05) is 0 Å². The molecule has 0 unspecified atom stereocenters. The summed E-state index contributed by atoms with van der Waals surface area (Å²) in [5.41, 5.74) is 13.9. The van der Waals surface area contributed by atoms with Crippen LogP contribution >= 0.6 is 0 Å². The Morgan fingerprint density at radius 1 is 0.269 bits per heavy atom. The van der Waals surface area contributed by atoms with Crippen LogP contribution in [0.1, 0.15) is 0 Å². The van der Waals surface area contributed by atoms with Crippen molar-refractivity contribution in [3.8, 4) is 51.2 Å². The van der Waals surface area contributed by atoms with E-state index in [0.29, 0.717) is 23.1 Å². The first-order valence-corrected chi connectivity index (χ1v) is 26.4. The SMILES string of the molecule is c1ccc(-n2c3ccccc3c3c(-c4nc(-c5cc6ccc(-n7c8ccccc8c8cc9ccccc9cc87)cc6c6c5oc5ccccc56)nc(-c5cccc6c7ccccc7n(-c7ccccc7)c56)n4)cccc32)cc1. The molecule has 0 fully saturated rings. The van der Waals surface area contributed by atoms with Crippen LogP contribution in [0.2, 0.25) is 0 Å². The number of rotatable bonds is 6. The summed E-state index contributed by atoms with van der Waals surface area (Å²) >= 11 is 0. The lowest BCUT2D eigenvalue weighted by Crippen LogP contribution is -2.03. The van der Waals surface area contributed by atoms with Crippen LogP contribution in [0.5, 0.6) is 0 Å². The van der Waals surface area contributed by atoms with E-state index >= 15 is 0 Å². The van der Waals surface area contributed by atoms with Gasteiger partial charge in [-0.15, -0.1) is 0 Å². The Balaban J connectivity index is 0.965. The monoisotopic (exact) mass is 994 g/mol. The zero-order chi connectivity index (χ0) is 51.0. The third kappa shape index (κ3) is 6.18. The molecule has 5 heterocycles. The summed E-state index contributed by atoms with van der Waals surface area (Å²) in [6, 6.07) is 90.8. The molecule has 5 aromatic heterocycles. The molecule has 0 saturated carbocycles. The molecular weight excluding hydrogens is 953 g/mol. The van der Waals surface area contributed by atoms with Crippen molar-refractivity contribution in [3.05, 3.63) is 255 Å². The van der Waals surface area contributed by atoms with Crippen LogP contribution in [0.3, 0.4) is 0 Å². The van der Waals surface area contributed by atoms with Gasteiger partial charge < -0.3 is 18.1 Å². The van der Waals surface area contributed by atoms with Crippen molar-refractivity contribution in [3.63, 3.8) is 0 Å². The molecule has 0 atom stereocenters. The average Bonchev–Trinajstić information content (AvgIpc) is 4.43. The highest BCUT2D eigenvalue weighted by molar-refractivity contribution is 6.23. The fourth-order valence-electron chi connectivity index (χ4n) is 12.7. The molecule has 12 aromatic carbocycles. The van der Waals surface area contributed by atoms with Gasteiger partial charge in [0.05, 0.1) is 38.7 Å². The zero-order valence-corrected chi connectivity index (χ0v) is 41.8. The summed E-state index contributed by atoms with van der Waals surface area (Å²) in [4.78, 5) is 16.9. The molecule has 0 aliphatic carbocycles. The van der Waals surface area contributed by atoms with Gasteiger partial charge in [-0.1, -0.05) is 164 Å². The summed E-state index contributed by atoms with van der Waals surface area (Å²) in [6.45, 7) is 0. The van der Waals surface area contributed by atoms with Crippen LogP contribution in [0.25, 0.3) is 160 Å². The molecule has 0 amide bonds. The molecule has 0 saturated heterocycles. The van der Waals surface area contributed by atoms with Crippen molar-refractivity contribution in [2.45, 2.75) is 0 Å². The molecule has 362 valence electrons. The summed E-state index contributed by atoms with van der Waals surface area (Å²) in [5.74, 6) is 1.64. The molecule has 17 aromatic rings. The minimum atomic E-state index is 0.516. The number of benzene rings is 12.